The predicted molar refractivity (Wildman–Crippen MR) is 63.8 cm³/mol. The molecule has 0 unspecified atom stereocenters. The highest BCUT2D eigenvalue weighted by molar-refractivity contribution is 5.67. The van der Waals surface area contributed by atoms with Crippen molar-refractivity contribution in [1.82, 2.24) is 0 Å². The highest BCUT2D eigenvalue weighted by Gasteiger charge is 2.23. The number of esters is 1. The van der Waals surface area contributed by atoms with Crippen molar-refractivity contribution in [1.29, 1.82) is 0 Å². The van der Waals surface area contributed by atoms with Gasteiger partial charge in [0.05, 0.1) is 0 Å². The van der Waals surface area contributed by atoms with E-state index in [-0.39, 0.29) is 12.1 Å². The molecule has 84 valence electrons. The van der Waals surface area contributed by atoms with E-state index >= 15 is 0 Å². The summed E-state index contributed by atoms with van der Waals surface area (Å²) in [6.07, 6.45) is 5.24. The molecule has 2 heteroatoms. The van der Waals surface area contributed by atoms with Gasteiger partial charge in [-0.2, -0.15) is 0 Å². The minimum Gasteiger partial charge on any atom is -0.458 e. The number of rotatable bonds is 2. The summed E-state index contributed by atoms with van der Waals surface area (Å²) in [7, 11) is 0. The molecule has 0 radical (unpaired) electrons. The summed E-state index contributed by atoms with van der Waals surface area (Å²) in [6, 6.07) is 10.2. The fourth-order valence-electron chi connectivity index (χ4n) is 2.10. The van der Waals surface area contributed by atoms with Crippen molar-refractivity contribution < 1.29 is 9.53 Å². The van der Waals surface area contributed by atoms with E-state index in [0.717, 1.165) is 19.3 Å². The predicted octanol–water partition coefficient (Wildman–Crippen LogP) is 3.19. The van der Waals surface area contributed by atoms with E-state index in [9.17, 15) is 4.79 Å². The van der Waals surface area contributed by atoms with Crippen molar-refractivity contribution >= 4 is 12.0 Å². The summed E-state index contributed by atoms with van der Waals surface area (Å²) >= 11 is 0. The Hall–Kier alpha value is -1.57. The zero-order valence-electron chi connectivity index (χ0n) is 9.48. The van der Waals surface area contributed by atoms with Crippen molar-refractivity contribution in [3.05, 3.63) is 41.5 Å². The molecule has 1 saturated carbocycles. The molecule has 0 aliphatic heterocycles. The second kappa shape index (κ2) is 4.97. The second-order valence-electron chi connectivity index (χ2n) is 4.12. The van der Waals surface area contributed by atoms with Crippen LogP contribution in [0.4, 0.5) is 0 Å². The molecule has 16 heavy (non-hydrogen) atoms. The number of benzene rings is 1. The first-order valence-corrected chi connectivity index (χ1v) is 5.68. The molecule has 0 amide bonds. The fourth-order valence-corrected chi connectivity index (χ4v) is 2.10. The molecule has 0 aromatic heterocycles. The van der Waals surface area contributed by atoms with Crippen LogP contribution in [0.25, 0.3) is 6.08 Å². The summed E-state index contributed by atoms with van der Waals surface area (Å²) in [5.41, 5.74) is 2.41. The molecule has 1 aliphatic rings. The van der Waals surface area contributed by atoms with E-state index in [4.69, 9.17) is 4.74 Å². The number of hydrogen-bond donors (Lipinski definition) is 0. The average Bonchev–Trinajstić information content (AvgIpc) is 2.66. The Bertz CT molecular complexity index is 392. The Balaban J connectivity index is 2.13. The van der Waals surface area contributed by atoms with Crippen LogP contribution < -0.4 is 0 Å². The van der Waals surface area contributed by atoms with Gasteiger partial charge in [-0.3, -0.25) is 4.79 Å². The van der Waals surface area contributed by atoms with Crippen molar-refractivity contribution in [3.8, 4) is 0 Å². The van der Waals surface area contributed by atoms with Crippen LogP contribution in [0.3, 0.4) is 0 Å². The first-order valence-electron chi connectivity index (χ1n) is 5.68. The van der Waals surface area contributed by atoms with Gasteiger partial charge in [0.15, 0.2) is 0 Å². The molecule has 0 N–H and O–H groups in total. The first kappa shape index (κ1) is 10.9. The normalized spacial score (nSPS) is 22.3. The molecule has 1 aromatic rings. The molecule has 0 heterocycles. The largest absolute Gasteiger partial charge is 0.458 e. The molecule has 2 nitrogen and oxygen atoms in total. The van der Waals surface area contributed by atoms with Crippen molar-refractivity contribution in [2.45, 2.75) is 32.3 Å². The van der Waals surface area contributed by atoms with Crippen LogP contribution in [-0.4, -0.2) is 12.1 Å². The third-order valence-corrected chi connectivity index (χ3v) is 2.81. The second-order valence-corrected chi connectivity index (χ2v) is 4.12. The third kappa shape index (κ3) is 2.72. The zero-order chi connectivity index (χ0) is 11.4. The van der Waals surface area contributed by atoms with Gasteiger partial charge in [-0.1, -0.05) is 36.4 Å². The third-order valence-electron chi connectivity index (χ3n) is 2.81. The molecular formula is C14H16O2. The molecule has 1 aliphatic carbocycles. The molecule has 0 saturated heterocycles. The lowest BCUT2D eigenvalue weighted by atomic mass is 10.1. The highest BCUT2D eigenvalue weighted by atomic mass is 16.5. The summed E-state index contributed by atoms with van der Waals surface area (Å²) in [4.78, 5) is 10.9. The number of hydrogen-bond acceptors (Lipinski definition) is 2. The van der Waals surface area contributed by atoms with Crippen molar-refractivity contribution in [3.63, 3.8) is 0 Å². The fraction of sp³-hybridized carbons (Fsp3) is 0.357. The SMILES string of the molecule is CC(=O)O[C@H]1CCC/C1=C/c1ccccc1. The van der Waals surface area contributed by atoms with E-state index in [1.807, 2.05) is 18.2 Å². The Morgan fingerprint density at radius 3 is 2.81 bits per heavy atom. The number of carbonyl (C=O) groups is 1. The van der Waals surface area contributed by atoms with Crippen molar-refractivity contribution in [2.24, 2.45) is 0 Å². The maximum absolute atomic E-state index is 10.9. The van der Waals surface area contributed by atoms with Gasteiger partial charge in [0.2, 0.25) is 0 Å². The van der Waals surface area contributed by atoms with Crippen LogP contribution in [-0.2, 0) is 9.53 Å². The highest BCUT2D eigenvalue weighted by Crippen LogP contribution is 2.29. The van der Waals surface area contributed by atoms with E-state index in [1.165, 1.54) is 18.1 Å². The average molecular weight is 216 g/mol. The summed E-state index contributed by atoms with van der Waals surface area (Å²) in [5.74, 6) is -0.189. The van der Waals surface area contributed by atoms with Gasteiger partial charge in [-0.05, 0) is 30.4 Å². The van der Waals surface area contributed by atoms with Crippen LogP contribution in [0.2, 0.25) is 0 Å². The summed E-state index contributed by atoms with van der Waals surface area (Å²) < 4.78 is 5.29. The molecule has 1 atom stereocenters. The Morgan fingerprint density at radius 2 is 2.12 bits per heavy atom. The molecule has 1 aromatic carbocycles. The molecular weight excluding hydrogens is 200 g/mol. The van der Waals surface area contributed by atoms with E-state index < -0.39 is 0 Å². The Morgan fingerprint density at radius 1 is 1.38 bits per heavy atom. The topological polar surface area (TPSA) is 26.3 Å². The molecule has 2 rings (SSSR count). The van der Waals surface area contributed by atoms with Gasteiger partial charge in [0, 0.05) is 6.92 Å². The van der Waals surface area contributed by atoms with E-state index in [2.05, 4.69) is 18.2 Å². The number of ether oxygens (including phenoxy) is 1. The lowest BCUT2D eigenvalue weighted by Crippen LogP contribution is -2.13. The van der Waals surface area contributed by atoms with Gasteiger partial charge in [-0.15, -0.1) is 0 Å². The smallest absolute Gasteiger partial charge is 0.303 e. The lowest BCUT2D eigenvalue weighted by Gasteiger charge is -2.12. The van der Waals surface area contributed by atoms with Crippen LogP contribution in [0.15, 0.2) is 35.9 Å². The molecule has 0 bridgehead atoms. The maximum Gasteiger partial charge on any atom is 0.303 e. The Labute approximate surface area is 95.9 Å². The molecule has 0 spiro atoms. The van der Waals surface area contributed by atoms with Crippen LogP contribution >= 0.6 is 0 Å². The van der Waals surface area contributed by atoms with Gasteiger partial charge in [-0.25, -0.2) is 0 Å². The van der Waals surface area contributed by atoms with Gasteiger partial charge in [0.1, 0.15) is 6.10 Å². The van der Waals surface area contributed by atoms with Crippen LogP contribution in [0.1, 0.15) is 31.7 Å². The van der Waals surface area contributed by atoms with E-state index in [1.54, 1.807) is 0 Å². The van der Waals surface area contributed by atoms with Gasteiger partial charge in [0.25, 0.3) is 0 Å². The van der Waals surface area contributed by atoms with Gasteiger partial charge < -0.3 is 4.74 Å². The summed E-state index contributed by atoms with van der Waals surface area (Å²) in [6.45, 7) is 1.47. The minimum absolute atomic E-state index is 0.00212. The first-order chi connectivity index (χ1) is 7.75. The summed E-state index contributed by atoms with van der Waals surface area (Å²) in [5, 5.41) is 0. The van der Waals surface area contributed by atoms with E-state index in [0.29, 0.717) is 0 Å². The zero-order valence-corrected chi connectivity index (χ0v) is 9.48. The van der Waals surface area contributed by atoms with Crippen LogP contribution in [0, 0.1) is 0 Å². The van der Waals surface area contributed by atoms with Gasteiger partial charge >= 0.3 is 5.97 Å². The standard InChI is InChI=1S/C14H16O2/c1-11(15)16-14-9-5-8-13(14)10-12-6-3-2-4-7-12/h2-4,6-7,10,14H,5,8-9H2,1H3/b13-10-/t14-/m0/s1. The Kier molecular flexibility index (Phi) is 3.40. The molecule has 1 fully saturated rings. The van der Waals surface area contributed by atoms with Crippen molar-refractivity contribution in [2.75, 3.05) is 0 Å². The maximum atomic E-state index is 10.9. The minimum atomic E-state index is -0.189. The van der Waals surface area contributed by atoms with Crippen LogP contribution in [0.5, 0.6) is 0 Å². The lowest BCUT2D eigenvalue weighted by molar-refractivity contribution is -0.144. The quantitative estimate of drug-likeness (QED) is 0.710. The monoisotopic (exact) mass is 216 g/mol. The number of carbonyl (C=O) groups excluding carboxylic acids is 1.